The molecule has 5 heteroatoms. The molecule has 5 nitrogen and oxygen atoms in total. The van der Waals surface area contributed by atoms with Crippen LogP contribution >= 0.6 is 0 Å². The Morgan fingerprint density at radius 1 is 1.08 bits per heavy atom. The second-order valence-electron chi connectivity index (χ2n) is 1.88. The summed E-state index contributed by atoms with van der Waals surface area (Å²) in [6, 6.07) is 4.95. The van der Waals surface area contributed by atoms with Crippen molar-refractivity contribution >= 4 is 11.6 Å². The van der Waals surface area contributed by atoms with Crippen LogP contribution < -0.4 is 10.6 Å². The molecule has 1 rings (SSSR count). The first-order valence-corrected chi connectivity index (χ1v) is 3.14. The predicted octanol–water partition coefficient (Wildman–Crippen LogP) is 0.868. The fourth-order valence-corrected chi connectivity index (χ4v) is 0.688. The summed E-state index contributed by atoms with van der Waals surface area (Å²) in [6.45, 7) is 0. The molecule has 0 saturated carbocycles. The minimum Gasteiger partial charge on any atom is -0.277 e. The molecule has 0 fully saturated rings. The van der Waals surface area contributed by atoms with E-state index in [-0.39, 0.29) is 0 Å². The van der Waals surface area contributed by atoms with Crippen LogP contribution in [0, 0.1) is 22.9 Å². The normalized spacial score (nSPS) is 7.83. The second-order valence-corrected chi connectivity index (χ2v) is 1.88. The Morgan fingerprint density at radius 2 is 1.58 bits per heavy atom. The molecule has 0 amide bonds. The van der Waals surface area contributed by atoms with Crippen LogP contribution in [0.5, 0.6) is 0 Å². The van der Waals surface area contributed by atoms with Crippen molar-refractivity contribution < 1.29 is 0 Å². The van der Waals surface area contributed by atoms with Gasteiger partial charge in [-0.1, -0.05) is 6.07 Å². The molecule has 0 radical (unpaired) electrons. The molecular formula is C7H5N5. The van der Waals surface area contributed by atoms with Gasteiger partial charge in [0.2, 0.25) is 0 Å². The zero-order chi connectivity index (χ0) is 8.81. The highest BCUT2D eigenvalue weighted by molar-refractivity contribution is 5.48. The zero-order valence-corrected chi connectivity index (χ0v) is 6.07. The lowest BCUT2D eigenvalue weighted by Gasteiger charge is -1.98. The molecule has 1 heterocycles. The molecule has 0 aromatic carbocycles. The van der Waals surface area contributed by atoms with Gasteiger partial charge in [0.1, 0.15) is 11.6 Å². The van der Waals surface area contributed by atoms with E-state index in [4.69, 9.17) is 10.5 Å². The van der Waals surface area contributed by atoms with E-state index in [0.29, 0.717) is 11.6 Å². The molecular weight excluding hydrogens is 154 g/mol. The van der Waals surface area contributed by atoms with Crippen LogP contribution in [0.15, 0.2) is 18.2 Å². The van der Waals surface area contributed by atoms with Crippen molar-refractivity contribution in [3.8, 4) is 12.4 Å². The Morgan fingerprint density at radius 3 is 2.00 bits per heavy atom. The highest BCUT2D eigenvalue weighted by Crippen LogP contribution is 2.07. The maximum Gasteiger partial charge on any atom is 0.182 e. The standard InChI is InChI=1S/C7H5N5/c8-4-10-6-2-1-3-7(12-6)11-5-9/h1-3H,(H2,10,11,12). The lowest BCUT2D eigenvalue weighted by Crippen LogP contribution is -1.95. The molecule has 12 heavy (non-hydrogen) atoms. The first-order chi connectivity index (χ1) is 5.86. The lowest BCUT2D eigenvalue weighted by atomic mass is 10.4. The van der Waals surface area contributed by atoms with Gasteiger partial charge in [-0.05, 0) is 12.1 Å². The number of hydrogen-bond acceptors (Lipinski definition) is 5. The number of aromatic nitrogens is 1. The molecule has 0 bridgehead atoms. The summed E-state index contributed by atoms with van der Waals surface area (Å²) in [5.74, 6) is 0.829. The Labute approximate surface area is 69.3 Å². The van der Waals surface area contributed by atoms with Gasteiger partial charge >= 0.3 is 0 Å². The van der Waals surface area contributed by atoms with E-state index in [9.17, 15) is 0 Å². The van der Waals surface area contributed by atoms with Crippen LogP contribution in [0.25, 0.3) is 0 Å². The van der Waals surface area contributed by atoms with E-state index in [0.717, 1.165) is 0 Å². The van der Waals surface area contributed by atoms with E-state index in [1.165, 1.54) is 0 Å². The average Bonchev–Trinajstić information content (AvgIpc) is 2.06. The molecule has 0 saturated heterocycles. The minimum atomic E-state index is 0.415. The number of hydrogen-bond donors (Lipinski definition) is 2. The molecule has 58 valence electrons. The highest BCUT2D eigenvalue weighted by atomic mass is 15.1. The Balaban J connectivity index is 2.84. The molecule has 1 aromatic rings. The van der Waals surface area contributed by atoms with E-state index >= 15 is 0 Å². The predicted molar refractivity (Wildman–Crippen MR) is 42.7 cm³/mol. The van der Waals surface area contributed by atoms with Gasteiger partial charge in [0.15, 0.2) is 12.4 Å². The number of anilines is 2. The quantitative estimate of drug-likeness (QED) is 0.494. The van der Waals surface area contributed by atoms with Crippen molar-refractivity contribution in [3.63, 3.8) is 0 Å². The topological polar surface area (TPSA) is 84.5 Å². The van der Waals surface area contributed by atoms with Gasteiger partial charge in [0.25, 0.3) is 0 Å². The summed E-state index contributed by atoms with van der Waals surface area (Å²) >= 11 is 0. The zero-order valence-electron chi connectivity index (χ0n) is 6.07. The third kappa shape index (κ3) is 1.86. The van der Waals surface area contributed by atoms with Crippen molar-refractivity contribution in [2.75, 3.05) is 10.6 Å². The van der Waals surface area contributed by atoms with Crippen molar-refractivity contribution in [1.29, 1.82) is 10.5 Å². The van der Waals surface area contributed by atoms with Gasteiger partial charge in [-0.25, -0.2) is 4.98 Å². The van der Waals surface area contributed by atoms with Crippen LogP contribution in [-0.2, 0) is 0 Å². The van der Waals surface area contributed by atoms with Gasteiger partial charge in [-0.2, -0.15) is 10.5 Å². The SMILES string of the molecule is N#CNc1cccc(NC#N)n1. The summed E-state index contributed by atoms with van der Waals surface area (Å²) in [6.07, 6.45) is 3.46. The summed E-state index contributed by atoms with van der Waals surface area (Å²) in [7, 11) is 0. The number of nitriles is 2. The smallest absolute Gasteiger partial charge is 0.182 e. The van der Waals surface area contributed by atoms with E-state index in [2.05, 4.69) is 15.6 Å². The molecule has 0 unspecified atom stereocenters. The first kappa shape index (κ1) is 7.83. The monoisotopic (exact) mass is 159 g/mol. The summed E-state index contributed by atoms with van der Waals surface area (Å²) in [5, 5.41) is 21.2. The molecule has 0 spiro atoms. The average molecular weight is 159 g/mol. The number of nitrogens with zero attached hydrogens (tertiary/aromatic N) is 3. The largest absolute Gasteiger partial charge is 0.277 e. The summed E-state index contributed by atoms with van der Waals surface area (Å²) < 4.78 is 0. The van der Waals surface area contributed by atoms with E-state index < -0.39 is 0 Å². The fourth-order valence-electron chi connectivity index (χ4n) is 0.688. The van der Waals surface area contributed by atoms with Crippen LogP contribution in [-0.4, -0.2) is 4.98 Å². The van der Waals surface area contributed by atoms with Crippen molar-refractivity contribution in [2.24, 2.45) is 0 Å². The van der Waals surface area contributed by atoms with Crippen LogP contribution in [0.1, 0.15) is 0 Å². The maximum atomic E-state index is 8.25. The molecule has 0 aliphatic heterocycles. The summed E-state index contributed by atoms with van der Waals surface area (Å²) in [4.78, 5) is 3.88. The maximum absolute atomic E-state index is 8.25. The van der Waals surface area contributed by atoms with Crippen molar-refractivity contribution in [1.82, 2.24) is 4.98 Å². The lowest BCUT2D eigenvalue weighted by molar-refractivity contribution is 1.29. The van der Waals surface area contributed by atoms with Gasteiger partial charge in [0.05, 0.1) is 0 Å². The van der Waals surface area contributed by atoms with E-state index in [1.54, 1.807) is 30.6 Å². The van der Waals surface area contributed by atoms with Gasteiger partial charge < -0.3 is 0 Å². The minimum absolute atomic E-state index is 0.415. The third-order valence-electron chi connectivity index (χ3n) is 1.12. The Kier molecular flexibility index (Phi) is 2.47. The van der Waals surface area contributed by atoms with Crippen LogP contribution in [0.4, 0.5) is 11.6 Å². The number of pyridine rings is 1. The first-order valence-electron chi connectivity index (χ1n) is 3.14. The molecule has 0 atom stereocenters. The molecule has 0 aliphatic rings. The van der Waals surface area contributed by atoms with Crippen LogP contribution in [0.3, 0.4) is 0 Å². The Bertz CT molecular complexity index is 314. The van der Waals surface area contributed by atoms with Gasteiger partial charge in [-0.3, -0.25) is 10.6 Å². The Hall–Kier alpha value is -2.27. The van der Waals surface area contributed by atoms with Gasteiger partial charge in [-0.15, -0.1) is 0 Å². The number of rotatable bonds is 2. The molecule has 1 aromatic heterocycles. The second kappa shape index (κ2) is 3.79. The summed E-state index contributed by atoms with van der Waals surface area (Å²) in [5.41, 5.74) is 0. The van der Waals surface area contributed by atoms with E-state index in [1.807, 2.05) is 0 Å². The van der Waals surface area contributed by atoms with Crippen molar-refractivity contribution in [3.05, 3.63) is 18.2 Å². The fraction of sp³-hybridized carbons (Fsp3) is 0. The van der Waals surface area contributed by atoms with Gasteiger partial charge in [0, 0.05) is 0 Å². The van der Waals surface area contributed by atoms with Crippen molar-refractivity contribution in [2.45, 2.75) is 0 Å². The third-order valence-corrected chi connectivity index (χ3v) is 1.12. The van der Waals surface area contributed by atoms with Crippen LogP contribution in [0.2, 0.25) is 0 Å². The molecule has 0 aliphatic carbocycles. The number of nitrogens with one attached hydrogen (secondary N) is 2. The highest BCUT2D eigenvalue weighted by Gasteiger charge is 1.93. The molecule has 2 N–H and O–H groups in total.